The van der Waals surface area contributed by atoms with Gasteiger partial charge in [-0.25, -0.2) is 0 Å². The molecule has 5 rings (SSSR count). The molecule has 0 aromatic rings. The SMILES string of the molecule is CC(C)(O)C(O)C1CC(C2CCC3(C)C4=CCC5C(C)(C)C(O)CCC5(C)C4CCC23C)C(O)O1. The number of hydrogen-bond donors (Lipinski definition) is 4. The molecule has 0 aromatic carbocycles. The van der Waals surface area contributed by atoms with Gasteiger partial charge < -0.3 is 25.2 Å². The van der Waals surface area contributed by atoms with Gasteiger partial charge >= 0.3 is 0 Å². The van der Waals surface area contributed by atoms with Crippen molar-refractivity contribution in [1.82, 2.24) is 0 Å². The van der Waals surface area contributed by atoms with Gasteiger partial charge in [-0.2, -0.15) is 0 Å². The highest BCUT2D eigenvalue weighted by molar-refractivity contribution is 5.33. The fraction of sp³-hybridized carbons (Fsp3) is 0.933. The van der Waals surface area contributed by atoms with Crippen molar-refractivity contribution < 1.29 is 25.2 Å². The van der Waals surface area contributed by atoms with E-state index in [1.54, 1.807) is 19.4 Å². The second kappa shape index (κ2) is 8.02. The van der Waals surface area contributed by atoms with Gasteiger partial charge in [0.15, 0.2) is 6.29 Å². The average molecular weight is 491 g/mol. The van der Waals surface area contributed by atoms with Gasteiger partial charge in [0.2, 0.25) is 0 Å². The fourth-order valence-electron chi connectivity index (χ4n) is 10.2. The number of fused-ring (bicyclic) bond motifs is 5. The minimum atomic E-state index is -1.26. The summed E-state index contributed by atoms with van der Waals surface area (Å²) in [5, 5.41) is 42.8. The van der Waals surface area contributed by atoms with Gasteiger partial charge in [-0.05, 0) is 105 Å². The monoisotopic (exact) mass is 490 g/mol. The maximum atomic E-state index is 11.0. The summed E-state index contributed by atoms with van der Waals surface area (Å²) in [5.41, 5.74) is 0.740. The predicted molar refractivity (Wildman–Crippen MR) is 136 cm³/mol. The molecule has 1 heterocycles. The highest BCUT2D eigenvalue weighted by atomic mass is 16.6. The largest absolute Gasteiger partial charge is 0.393 e. The van der Waals surface area contributed by atoms with Gasteiger partial charge in [-0.1, -0.05) is 46.3 Å². The first kappa shape index (κ1) is 26.2. The molecule has 4 N–H and O–H groups in total. The highest BCUT2D eigenvalue weighted by Gasteiger charge is 2.66. The van der Waals surface area contributed by atoms with Crippen LogP contribution in [0.15, 0.2) is 11.6 Å². The minimum Gasteiger partial charge on any atom is -0.393 e. The first-order chi connectivity index (χ1) is 16.1. The molecule has 4 aliphatic carbocycles. The molecule has 11 atom stereocenters. The Morgan fingerprint density at radius 1 is 1.00 bits per heavy atom. The third kappa shape index (κ3) is 3.51. The van der Waals surface area contributed by atoms with Crippen molar-refractivity contribution in [2.75, 3.05) is 0 Å². The van der Waals surface area contributed by atoms with E-state index < -0.39 is 24.1 Å². The summed E-state index contributed by atoms with van der Waals surface area (Å²) in [4.78, 5) is 0. The van der Waals surface area contributed by atoms with Crippen molar-refractivity contribution in [3.63, 3.8) is 0 Å². The van der Waals surface area contributed by atoms with E-state index >= 15 is 0 Å². The maximum absolute atomic E-state index is 11.0. The predicted octanol–water partition coefficient (Wildman–Crippen LogP) is 4.81. The van der Waals surface area contributed by atoms with E-state index in [0.29, 0.717) is 24.2 Å². The Morgan fingerprint density at radius 2 is 1.69 bits per heavy atom. The van der Waals surface area contributed by atoms with Crippen LogP contribution in [-0.4, -0.2) is 50.6 Å². The molecule has 5 aliphatic rings. The van der Waals surface area contributed by atoms with E-state index in [-0.39, 0.29) is 33.7 Å². The Labute approximate surface area is 212 Å². The van der Waals surface area contributed by atoms with Gasteiger partial charge in [0.05, 0.1) is 17.8 Å². The molecule has 11 unspecified atom stereocenters. The van der Waals surface area contributed by atoms with Crippen LogP contribution >= 0.6 is 0 Å². The molecule has 200 valence electrons. The van der Waals surface area contributed by atoms with Crippen LogP contribution < -0.4 is 0 Å². The van der Waals surface area contributed by atoms with Crippen molar-refractivity contribution in [2.24, 2.45) is 45.3 Å². The van der Waals surface area contributed by atoms with Crippen molar-refractivity contribution in [1.29, 1.82) is 0 Å². The molecule has 0 amide bonds. The van der Waals surface area contributed by atoms with Crippen LogP contribution in [0.5, 0.6) is 0 Å². The summed E-state index contributed by atoms with van der Waals surface area (Å²) in [6, 6.07) is 0. The molecule has 3 saturated carbocycles. The number of aliphatic hydroxyl groups excluding tert-OH is 3. The molecule has 0 radical (unpaired) electrons. The lowest BCUT2D eigenvalue weighted by Gasteiger charge is -2.64. The highest BCUT2D eigenvalue weighted by Crippen LogP contribution is 2.73. The summed E-state index contributed by atoms with van der Waals surface area (Å²) in [5.74, 6) is 1.39. The van der Waals surface area contributed by atoms with Crippen molar-refractivity contribution >= 4 is 0 Å². The van der Waals surface area contributed by atoms with Crippen LogP contribution in [0.4, 0.5) is 0 Å². The lowest BCUT2D eigenvalue weighted by atomic mass is 9.41. The van der Waals surface area contributed by atoms with Crippen LogP contribution in [-0.2, 0) is 4.74 Å². The molecule has 0 bridgehead atoms. The molecular formula is C30H50O5. The van der Waals surface area contributed by atoms with E-state index in [0.717, 1.165) is 38.5 Å². The minimum absolute atomic E-state index is 0.0170. The smallest absolute Gasteiger partial charge is 0.158 e. The topological polar surface area (TPSA) is 90.2 Å². The molecule has 4 fully saturated rings. The zero-order valence-corrected chi connectivity index (χ0v) is 23.1. The number of allylic oxidation sites excluding steroid dienone is 2. The van der Waals surface area contributed by atoms with Gasteiger partial charge in [0.1, 0.15) is 6.10 Å². The first-order valence-electron chi connectivity index (χ1n) is 14.2. The van der Waals surface area contributed by atoms with Gasteiger partial charge in [-0.3, -0.25) is 0 Å². The van der Waals surface area contributed by atoms with Crippen LogP contribution in [0.2, 0.25) is 0 Å². The Bertz CT molecular complexity index is 874. The second-order valence-electron chi connectivity index (χ2n) is 14.9. The summed E-state index contributed by atoms with van der Waals surface area (Å²) < 4.78 is 5.87. The maximum Gasteiger partial charge on any atom is 0.158 e. The molecule has 5 heteroatoms. The number of ether oxygens (including phenoxy) is 1. The normalized spacial score (nSPS) is 52.3. The molecular weight excluding hydrogens is 440 g/mol. The van der Waals surface area contributed by atoms with E-state index in [2.05, 4.69) is 40.7 Å². The van der Waals surface area contributed by atoms with Crippen molar-refractivity contribution in [2.45, 2.75) is 130 Å². The molecule has 1 aliphatic heterocycles. The molecule has 0 spiro atoms. The Morgan fingerprint density at radius 3 is 2.34 bits per heavy atom. The van der Waals surface area contributed by atoms with Crippen LogP contribution in [0.25, 0.3) is 0 Å². The van der Waals surface area contributed by atoms with Gasteiger partial charge in [0, 0.05) is 5.92 Å². The van der Waals surface area contributed by atoms with E-state index in [1.807, 2.05) is 0 Å². The summed E-state index contributed by atoms with van der Waals surface area (Å²) >= 11 is 0. The second-order valence-corrected chi connectivity index (χ2v) is 14.9. The Hall–Kier alpha value is -0.460. The lowest BCUT2D eigenvalue weighted by Crippen LogP contribution is -2.58. The average Bonchev–Trinajstić information content (AvgIpc) is 3.26. The quantitative estimate of drug-likeness (QED) is 0.427. The summed E-state index contributed by atoms with van der Waals surface area (Å²) in [7, 11) is 0. The molecule has 0 aromatic heterocycles. The van der Waals surface area contributed by atoms with Crippen molar-refractivity contribution in [3.05, 3.63) is 11.6 Å². The number of rotatable bonds is 3. The molecule has 35 heavy (non-hydrogen) atoms. The standard InChI is InChI=1S/C30H50O5/c1-26(2)22-9-8-20-19(28(22,5)13-12-23(26)31)11-15-29(6)18(10-14-30(20,29)7)17-16-21(35-25(17)33)24(32)27(3,4)34/h8,17-19,21-25,31-34H,9-16H2,1-7H3. The van der Waals surface area contributed by atoms with E-state index in [1.165, 1.54) is 6.42 Å². The van der Waals surface area contributed by atoms with Crippen LogP contribution in [0.1, 0.15) is 99.8 Å². The Balaban J connectivity index is 1.44. The molecule has 5 nitrogen and oxygen atoms in total. The summed E-state index contributed by atoms with van der Waals surface area (Å²) in [6.45, 7) is 15.2. The first-order valence-corrected chi connectivity index (χ1v) is 14.2. The third-order valence-electron chi connectivity index (χ3n) is 12.7. The van der Waals surface area contributed by atoms with Gasteiger partial charge in [0.25, 0.3) is 0 Å². The van der Waals surface area contributed by atoms with Crippen molar-refractivity contribution in [3.8, 4) is 0 Å². The molecule has 1 saturated heterocycles. The third-order valence-corrected chi connectivity index (χ3v) is 12.7. The van der Waals surface area contributed by atoms with Crippen LogP contribution in [0, 0.1) is 45.3 Å². The number of hydrogen-bond acceptors (Lipinski definition) is 5. The number of aliphatic hydroxyl groups is 4. The van der Waals surface area contributed by atoms with E-state index in [9.17, 15) is 20.4 Å². The zero-order valence-electron chi connectivity index (χ0n) is 23.1. The Kier molecular flexibility index (Phi) is 6.00. The zero-order chi connectivity index (χ0) is 25.8. The van der Waals surface area contributed by atoms with E-state index in [4.69, 9.17) is 4.74 Å². The summed E-state index contributed by atoms with van der Waals surface area (Å²) in [6.07, 6.45) is 8.08. The fourth-order valence-corrected chi connectivity index (χ4v) is 10.2. The van der Waals surface area contributed by atoms with Gasteiger partial charge in [-0.15, -0.1) is 0 Å². The lowest BCUT2D eigenvalue weighted by molar-refractivity contribution is -0.173. The van der Waals surface area contributed by atoms with Crippen LogP contribution in [0.3, 0.4) is 0 Å².